The quantitative estimate of drug-likeness (QED) is 0.867. The van der Waals surface area contributed by atoms with Crippen LogP contribution in [0.3, 0.4) is 0 Å². The van der Waals surface area contributed by atoms with Gasteiger partial charge in [-0.1, -0.05) is 43.3 Å². The van der Waals surface area contributed by atoms with E-state index in [1.807, 2.05) is 72.6 Å². The van der Waals surface area contributed by atoms with E-state index < -0.39 is 0 Å². The Morgan fingerprint density at radius 3 is 1.86 bits per heavy atom. The number of rotatable bonds is 4. The van der Waals surface area contributed by atoms with Gasteiger partial charge in [-0.05, 0) is 37.1 Å². The summed E-state index contributed by atoms with van der Waals surface area (Å²) in [6.45, 7) is 2.01. The van der Waals surface area contributed by atoms with Crippen molar-refractivity contribution in [2.75, 3.05) is 5.01 Å². The summed E-state index contributed by atoms with van der Waals surface area (Å²) in [4.78, 5) is 12.2. The molecule has 0 radical (unpaired) electrons. The van der Waals surface area contributed by atoms with Crippen molar-refractivity contribution in [2.24, 2.45) is 5.92 Å². The van der Waals surface area contributed by atoms with Crippen molar-refractivity contribution in [1.29, 1.82) is 0 Å². The number of carbonyl (C=O) groups excluding carboxylic acids is 1. The molecule has 1 aliphatic carbocycles. The number of hydrogen-bond donors (Lipinski definition) is 1. The molecule has 0 bridgehead atoms. The van der Waals surface area contributed by atoms with Crippen LogP contribution in [-0.4, -0.2) is 11.8 Å². The Labute approximate surface area is 125 Å². The Balaban J connectivity index is 1.89. The second-order valence-corrected chi connectivity index (χ2v) is 5.57. The molecular weight excluding hydrogens is 260 g/mol. The molecule has 108 valence electrons. The predicted octanol–water partition coefficient (Wildman–Crippen LogP) is 3.70. The summed E-state index contributed by atoms with van der Waals surface area (Å²) in [6, 6.07) is 20.1. The highest BCUT2D eigenvalue weighted by Crippen LogP contribution is 2.27. The number of hydrogen-bond acceptors (Lipinski definition) is 3. The molecular formula is C18H20N2O. The molecule has 2 atom stereocenters. The second kappa shape index (κ2) is 6.10. The van der Waals surface area contributed by atoms with Gasteiger partial charge in [-0.25, -0.2) is 5.43 Å². The molecule has 3 rings (SSSR count). The second-order valence-electron chi connectivity index (χ2n) is 5.57. The van der Waals surface area contributed by atoms with Crippen molar-refractivity contribution in [2.45, 2.75) is 25.8 Å². The predicted molar refractivity (Wildman–Crippen MR) is 85.4 cm³/mol. The Hall–Kier alpha value is -2.13. The molecule has 0 amide bonds. The average Bonchev–Trinajstić information content (AvgIpc) is 2.86. The van der Waals surface area contributed by atoms with Crippen LogP contribution in [-0.2, 0) is 4.79 Å². The van der Waals surface area contributed by atoms with Crippen LogP contribution < -0.4 is 10.4 Å². The van der Waals surface area contributed by atoms with E-state index in [0.29, 0.717) is 5.78 Å². The Morgan fingerprint density at radius 1 is 0.905 bits per heavy atom. The minimum absolute atomic E-state index is 0.0968. The minimum Gasteiger partial charge on any atom is -0.298 e. The fraction of sp³-hybridized carbons (Fsp3) is 0.278. The van der Waals surface area contributed by atoms with Gasteiger partial charge in [-0.15, -0.1) is 0 Å². The number of ketones is 1. The largest absolute Gasteiger partial charge is 0.298 e. The number of carbonyl (C=O) groups is 1. The van der Waals surface area contributed by atoms with Crippen LogP contribution in [0.4, 0.5) is 11.4 Å². The molecule has 0 unspecified atom stereocenters. The van der Waals surface area contributed by atoms with Gasteiger partial charge < -0.3 is 0 Å². The lowest BCUT2D eigenvalue weighted by Crippen LogP contribution is -2.44. The molecule has 1 saturated carbocycles. The van der Waals surface area contributed by atoms with E-state index in [2.05, 4.69) is 5.43 Å². The summed E-state index contributed by atoms with van der Waals surface area (Å²) >= 11 is 0. The molecule has 0 aromatic heterocycles. The van der Waals surface area contributed by atoms with Crippen molar-refractivity contribution in [1.82, 2.24) is 5.43 Å². The molecule has 21 heavy (non-hydrogen) atoms. The van der Waals surface area contributed by atoms with Crippen LogP contribution in [0.5, 0.6) is 0 Å². The number of benzene rings is 2. The SMILES string of the molecule is C[C@@H]1CC[C@@H](NN(c2ccccc2)c2ccccc2)C1=O. The van der Waals surface area contributed by atoms with Gasteiger partial charge in [-0.3, -0.25) is 9.80 Å². The Bertz CT molecular complexity index is 558. The third-order valence-electron chi connectivity index (χ3n) is 4.03. The van der Waals surface area contributed by atoms with Gasteiger partial charge >= 0.3 is 0 Å². The van der Waals surface area contributed by atoms with Crippen LogP contribution in [0.15, 0.2) is 60.7 Å². The number of anilines is 2. The molecule has 3 nitrogen and oxygen atoms in total. The van der Waals surface area contributed by atoms with Gasteiger partial charge in [0.2, 0.25) is 0 Å². The summed E-state index contributed by atoms with van der Waals surface area (Å²) in [5.74, 6) is 0.475. The molecule has 1 aliphatic rings. The smallest absolute Gasteiger partial charge is 0.154 e. The van der Waals surface area contributed by atoms with E-state index in [-0.39, 0.29) is 12.0 Å². The van der Waals surface area contributed by atoms with Gasteiger partial charge in [0.05, 0.1) is 17.4 Å². The molecule has 3 heteroatoms. The zero-order chi connectivity index (χ0) is 14.7. The average molecular weight is 280 g/mol. The van der Waals surface area contributed by atoms with E-state index in [0.717, 1.165) is 24.2 Å². The fourth-order valence-corrected chi connectivity index (χ4v) is 2.78. The Kier molecular flexibility index (Phi) is 4.02. The lowest BCUT2D eigenvalue weighted by atomic mass is 10.1. The number of hydrazine groups is 1. The maximum Gasteiger partial charge on any atom is 0.154 e. The Morgan fingerprint density at radius 2 is 1.43 bits per heavy atom. The van der Waals surface area contributed by atoms with Crippen LogP contribution in [0.2, 0.25) is 0 Å². The molecule has 2 aromatic carbocycles. The molecule has 0 aliphatic heterocycles. The number of nitrogens with one attached hydrogen (secondary N) is 1. The van der Waals surface area contributed by atoms with Crippen LogP contribution >= 0.6 is 0 Å². The third-order valence-corrected chi connectivity index (χ3v) is 4.03. The third kappa shape index (κ3) is 2.98. The molecule has 0 saturated heterocycles. The molecule has 0 spiro atoms. The minimum atomic E-state index is -0.0968. The van der Waals surface area contributed by atoms with Crippen molar-refractivity contribution in [3.05, 3.63) is 60.7 Å². The van der Waals surface area contributed by atoms with Crippen LogP contribution in [0.25, 0.3) is 0 Å². The lowest BCUT2D eigenvalue weighted by molar-refractivity contribution is -0.121. The lowest BCUT2D eigenvalue weighted by Gasteiger charge is -2.28. The van der Waals surface area contributed by atoms with E-state index in [1.165, 1.54) is 0 Å². The zero-order valence-electron chi connectivity index (χ0n) is 12.2. The van der Waals surface area contributed by atoms with E-state index in [1.54, 1.807) is 0 Å². The first kappa shape index (κ1) is 13.8. The number of para-hydroxylation sites is 2. The first-order chi connectivity index (χ1) is 10.3. The molecule has 1 fully saturated rings. The number of nitrogens with zero attached hydrogens (tertiary/aromatic N) is 1. The van der Waals surface area contributed by atoms with Crippen molar-refractivity contribution >= 4 is 17.2 Å². The normalized spacial score (nSPS) is 21.5. The maximum absolute atomic E-state index is 12.2. The summed E-state index contributed by atoms with van der Waals surface area (Å²) in [5.41, 5.74) is 5.49. The standard InChI is InChI=1S/C18H20N2O/c1-14-12-13-17(18(14)21)19-20(15-8-4-2-5-9-15)16-10-6-3-7-11-16/h2-11,14,17,19H,12-13H2,1H3/t14-,17-/m1/s1. The van der Waals surface area contributed by atoms with Gasteiger partial charge in [-0.2, -0.15) is 0 Å². The maximum atomic E-state index is 12.2. The topological polar surface area (TPSA) is 32.3 Å². The van der Waals surface area contributed by atoms with Crippen LogP contribution in [0.1, 0.15) is 19.8 Å². The van der Waals surface area contributed by atoms with Gasteiger partial charge in [0.1, 0.15) is 0 Å². The monoisotopic (exact) mass is 280 g/mol. The summed E-state index contributed by atoms with van der Waals surface area (Å²) in [7, 11) is 0. The van der Waals surface area contributed by atoms with Crippen LogP contribution in [0, 0.1) is 5.92 Å². The highest BCUT2D eigenvalue weighted by atomic mass is 16.1. The van der Waals surface area contributed by atoms with Crippen molar-refractivity contribution in [3.8, 4) is 0 Å². The highest BCUT2D eigenvalue weighted by Gasteiger charge is 2.32. The van der Waals surface area contributed by atoms with Crippen molar-refractivity contribution in [3.63, 3.8) is 0 Å². The van der Waals surface area contributed by atoms with Crippen molar-refractivity contribution < 1.29 is 4.79 Å². The highest BCUT2D eigenvalue weighted by molar-refractivity contribution is 5.88. The number of Topliss-reactive ketones (excluding diaryl/α,β-unsaturated/α-hetero) is 1. The van der Waals surface area contributed by atoms with E-state index in [4.69, 9.17) is 0 Å². The molecule has 1 N–H and O–H groups in total. The molecule has 2 aromatic rings. The molecule has 0 heterocycles. The summed E-state index contributed by atoms with van der Waals surface area (Å²) < 4.78 is 0. The van der Waals surface area contributed by atoms with Gasteiger partial charge in [0.15, 0.2) is 5.78 Å². The van der Waals surface area contributed by atoms with E-state index in [9.17, 15) is 4.79 Å². The first-order valence-corrected chi connectivity index (χ1v) is 7.46. The van der Waals surface area contributed by atoms with Gasteiger partial charge in [0.25, 0.3) is 0 Å². The van der Waals surface area contributed by atoms with E-state index >= 15 is 0 Å². The summed E-state index contributed by atoms with van der Waals surface area (Å²) in [6.07, 6.45) is 1.87. The zero-order valence-corrected chi connectivity index (χ0v) is 12.2. The summed E-state index contributed by atoms with van der Waals surface area (Å²) in [5, 5.41) is 2.01. The first-order valence-electron chi connectivity index (χ1n) is 7.46. The fourth-order valence-electron chi connectivity index (χ4n) is 2.78. The van der Waals surface area contributed by atoms with Gasteiger partial charge in [0, 0.05) is 5.92 Å².